The number of fused-ring (bicyclic) bond motifs is 1. The molecular weight excluding hydrogens is 305 g/mol. The van der Waals surface area contributed by atoms with E-state index >= 15 is 0 Å². The molecule has 0 amide bonds. The smallest absolute Gasteiger partial charge is 0.154 e. The van der Waals surface area contributed by atoms with Crippen LogP contribution in [0, 0.1) is 0 Å². The average molecular weight is 321 g/mol. The minimum absolute atomic E-state index is 0.174. The van der Waals surface area contributed by atoms with Crippen LogP contribution in [0.3, 0.4) is 0 Å². The van der Waals surface area contributed by atoms with Gasteiger partial charge >= 0.3 is 0 Å². The maximum absolute atomic E-state index is 6.20. The molecule has 0 aliphatic heterocycles. The van der Waals surface area contributed by atoms with E-state index in [1.807, 2.05) is 6.07 Å². The molecule has 2 rings (SSSR count). The Hall–Kier alpha value is -0.410. The van der Waals surface area contributed by atoms with Gasteiger partial charge in [0.05, 0.1) is 21.1 Å². The van der Waals surface area contributed by atoms with E-state index in [1.54, 1.807) is 6.07 Å². The number of furan rings is 1. The highest BCUT2D eigenvalue weighted by Crippen LogP contribution is 2.39. The molecule has 2 aromatic rings. The van der Waals surface area contributed by atoms with Crippen molar-refractivity contribution < 1.29 is 4.42 Å². The maximum Gasteiger partial charge on any atom is 0.154 e. The summed E-state index contributed by atoms with van der Waals surface area (Å²) >= 11 is 18.4. The molecule has 1 unspecified atom stereocenters. The lowest BCUT2D eigenvalue weighted by Crippen LogP contribution is -2.20. The summed E-state index contributed by atoms with van der Waals surface area (Å²) in [6, 6.07) is 3.72. The fourth-order valence-corrected chi connectivity index (χ4v) is 2.88. The molecule has 0 saturated heterocycles. The molecule has 0 radical (unpaired) electrons. The lowest BCUT2D eigenvalue weighted by Gasteiger charge is -2.13. The topological polar surface area (TPSA) is 25.2 Å². The van der Waals surface area contributed by atoms with Crippen LogP contribution in [0.2, 0.25) is 15.1 Å². The molecule has 1 aromatic heterocycles. The van der Waals surface area contributed by atoms with Gasteiger partial charge in [-0.3, -0.25) is 0 Å². The minimum atomic E-state index is 0.174. The first-order valence-corrected chi connectivity index (χ1v) is 7.52. The molecule has 0 aliphatic rings. The molecule has 19 heavy (non-hydrogen) atoms. The molecule has 0 fully saturated rings. The van der Waals surface area contributed by atoms with Crippen LogP contribution in [0.5, 0.6) is 0 Å². The number of hydrogen-bond acceptors (Lipinski definition) is 2. The predicted octanol–water partition coefficient (Wildman–Crippen LogP) is 5.84. The van der Waals surface area contributed by atoms with E-state index in [-0.39, 0.29) is 6.04 Å². The Morgan fingerprint density at radius 1 is 1.16 bits per heavy atom. The summed E-state index contributed by atoms with van der Waals surface area (Å²) in [6.07, 6.45) is 2.06. The Morgan fingerprint density at radius 3 is 2.53 bits per heavy atom. The minimum Gasteiger partial charge on any atom is -0.458 e. The van der Waals surface area contributed by atoms with Crippen LogP contribution in [0.4, 0.5) is 0 Å². The highest BCUT2D eigenvalue weighted by Gasteiger charge is 2.19. The third-order valence-electron chi connectivity index (χ3n) is 3.04. The van der Waals surface area contributed by atoms with Gasteiger partial charge in [0.1, 0.15) is 5.76 Å². The molecule has 1 atom stereocenters. The van der Waals surface area contributed by atoms with Crippen LogP contribution < -0.4 is 5.32 Å². The highest BCUT2D eigenvalue weighted by atomic mass is 35.5. The Labute approximate surface area is 128 Å². The molecule has 1 N–H and O–H groups in total. The Kier molecular flexibility index (Phi) is 5.02. The van der Waals surface area contributed by atoms with Crippen molar-refractivity contribution in [1.29, 1.82) is 0 Å². The van der Waals surface area contributed by atoms with E-state index in [1.165, 1.54) is 0 Å². The van der Waals surface area contributed by atoms with Gasteiger partial charge < -0.3 is 9.73 Å². The molecule has 0 spiro atoms. The van der Waals surface area contributed by atoms with Gasteiger partial charge in [-0.25, -0.2) is 0 Å². The van der Waals surface area contributed by atoms with E-state index in [4.69, 9.17) is 39.2 Å². The van der Waals surface area contributed by atoms with Crippen LogP contribution >= 0.6 is 34.8 Å². The summed E-state index contributed by atoms with van der Waals surface area (Å²) in [7, 11) is 0. The first-order valence-electron chi connectivity index (χ1n) is 6.38. The van der Waals surface area contributed by atoms with Crippen molar-refractivity contribution in [2.24, 2.45) is 0 Å². The number of benzene rings is 1. The molecule has 1 aromatic carbocycles. The summed E-state index contributed by atoms with van der Waals surface area (Å²) in [5.41, 5.74) is 0.602. The summed E-state index contributed by atoms with van der Waals surface area (Å²) in [6.45, 7) is 5.09. The monoisotopic (exact) mass is 319 g/mol. The second kappa shape index (κ2) is 6.36. The fraction of sp³-hybridized carbons (Fsp3) is 0.429. The largest absolute Gasteiger partial charge is 0.458 e. The predicted molar refractivity (Wildman–Crippen MR) is 82.6 cm³/mol. The number of halogens is 3. The maximum atomic E-state index is 6.20. The second-order valence-electron chi connectivity index (χ2n) is 4.44. The molecule has 0 aliphatic carbocycles. The zero-order valence-electron chi connectivity index (χ0n) is 10.9. The van der Waals surface area contributed by atoms with E-state index in [2.05, 4.69) is 19.2 Å². The van der Waals surface area contributed by atoms with Gasteiger partial charge in [-0.1, -0.05) is 55.1 Å². The molecule has 0 saturated carbocycles. The number of hydrogen-bond donors (Lipinski definition) is 1. The van der Waals surface area contributed by atoms with Crippen molar-refractivity contribution in [1.82, 2.24) is 5.32 Å². The van der Waals surface area contributed by atoms with E-state index in [0.717, 1.165) is 30.5 Å². The Bertz CT molecular complexity index is 574. The standard InChI is InChI=1S/C14H16Cl3NO/c1-3-5-11(18-4-2)12-6-8-13(17)9(15)7-10(16)14(8)19-12/h6-7,11,18H,3-5H2,1-2H3. The van der Waals surface area contributed by atoms with E-state index < -0.39 is 0 Å². The second-order valence-corrected chi connectivity index (χ2v) is 5.64. The van der Waals surface area contributed by atoms with E-state index in [9.17, 15) is 0 Å². The lowest BCUT2D eigenvalue weighted by atomic mass is 10.1. The van der Waals surface area contributed by atoms with E-state index in [0.29, 0.717) is 20.7 Å². The molecule has 1 heterocycles. The average Bonchev–Trinajstić information content (AvgIpc) is 2.81. The summed E-state index contributed by atoms with van der Waals surface area (Å²) in [5.74, 6) is 0.852. The van der Waals surface area contributed by atoms with Gasteiger partial charge in [-0.15, -0.1) is 0 Å². The summed E-state index contributed by atoms with van der Waals surface area (Å²) < 4.78 is 5.86. The van der Waals surface area contributed by atoms with Crippen LogP contribution in [0.15, 0.2) is 16.5 Å². The molecule has 0 bridgehead atoms. The molecule has 5 heteroatoms. The zero-order valence-corrected chi connectivity index (χ0v) is 13.2. The molecular formula is C14H16Cl3NO. The van der Waals surface area contributed by atoms with Crippen molar-refractivity contribution >= 4 is 45.8 Å². The SMILES string of the molecule is CCCC(NCC)c1cc2c(Cl)c(Cl)cc(Cl)c2o1. The van der Waals surface area contributed by atoms with Crippen molar-refractivity contribution in [3.05, 3.63) is 33.0 Å². The summed E-state index contributed by atoms with van der Waals surface area (Å²) in [5, 5.41) is 5.60. The fourth-order valence-electron chi connectivity index (χ4n) is 2.17. The van der Waals surface area contributed by atoms with Crippen molar-refractivity contribution in [3.8, 4) is 0 Å². The lowest BCUT2D eigenvalue weighted by molar-refractivity contribution is 0.414. The zero-order chi connectivity index (χ0) is 14.0. The number of rotatable bonds is 5. The Morgan fingerprint density at radius 2 is 1.89 bits per heavy atom. The van der Waals surface area contributed by atoms with Crippen LogP contribution in [-0.4, -0.2) is 6.54 Å². The number of nitrogens with one attached hydrogen (secondary N) is 1. The first kappa shape index (κ1) is 15.0. The highest BCUT2D eigenvalue weighted by molar-refractivity contribution is 6.47. The van der Waals surface area contributed by atoms with Gasteiger partial charge in [0.25, 0.3) is 0 Å². The van der Waals surface area contributed by atoms with Crippen molar-refractivity contribution in [3.63, 3.8) is 0 Å². The van der Waals surface area contributed by atoms with Gasteiger partial charge in [-0.2, -0.15) is 0 Å². The van der Waals surface area contributed by atoms with Crippen LogP contribution in [0.1, 0.15) is 38.5 Å². The third-order valence-corrected chi connectivity index (χ3v) is 4.12. The van der Waals surface area contributed by atoms with Gasteiger partial charge in [0.15, 0.2) is 5.58 Å². The van der Waals surface area contributed by atoms with Crippen LogP contribution in [-0.2, 0) is 0 Å². The van der Waals surface area contributed by atoms with Gasteiger partial charge in [0, 0.05) is 5.39 Å². The van der Waals surface area contributed by atoms with Gasteiger partial charge in [-0.05, 0) is 25.1 Å². The first-order chi connectivity index (χ1) is 9.08. The molecule has 2 nitrogen and oxygen atoms in total. The summed E-state index contributed by atoms with van der Waals surface area (Å²) in [4.78, 5) is 0. The van der Waals surface area contributed by atoms with Crippen LogP contribution in [0.25, 0.3) is 11.0 Å². The Balaban J connectivity index is 2.50. The van der Waals surface area contributed by atoms with Crippen molar-refractivity contribution in [2.75, 3.05) is 6.54 Å². The van der Waals surface area contributed by atoms with Gasteiger partial charge in [0.2, 0.25) is 0 Å². The van der Waals surface area contributed by atoms with Crippen molar-refractivity contribution in [2.45, 2.75) is 32.7 Å². The normalized spacial score (nSPS) is 13.1. The quantitative estimate of drug-likeness (QED) is 0.700. The molecule has 104 valence electrons. The third kappa shape index (κ3) is 3.03.